The summed E-state index contributed by atoms with van der Waals surface area (Å²) in [7, 11) is 0. The Kier molecular flexibility index (Phi) is 6.12. The number of pyridine rings is 1. The van der Waals surface area contributed by atoms with E-state index in [1.807, 2.05) is 37.3 Å². The summed E-state index contributed by atoms with van der Waals surface area (Å²) in [6.07, 6.45) is 3.77. The van der Waals surface area contributed by atoms with Crippen molar-refractivity contribution in [3.8, 4) is 22.4 Å². The molecule has 0 saturated carbocycles. The number of carbonyl (C=O) groups is 1. The molecule has 0 aliphatic rings. The second-order valence-corrected chi connectivity index (χ2v) is 7.62. The first-order chi connectivity index (χ1) is 15.1. The van der Waals surface area contributed by atoms with Gasteiger partial charge in [0, 0.05) is 36.3 Å². The van der Waals surface area contributed by atoms with Crippen LogP contribution in [0.3, 0.4) is 0 Å². The van der Waals surface area contributed by atoms with E-state index in [4.69, 9.17) is 5.11 Å². The minimum absolute atomic E-state index is 0.152. The molecule has 4 N–H and O–H groups in total. The molecule has 0 aliphatic heterocycles. The first-order valence-electron chi connectivity index (χ1n) is 9.61. The van der Waals surface area contributed by atoms with Crippen LogP contribution in [0.15, 0.2) is 48.9 Å². The van der Waals surface area contributed by atoms with E-state index in [1.165, 1.54) is 11.3 Å². The van der Waals surface area contributed by atoms with Gasteiger partial charge in [-0.25, -0.2) is 19.7 Å². The number of hydrogen-bond donors (Lipinski definition) is 4. The van der Waals surface area contributed by atoms with Crippen molar-refractivity contribution in [1.29, 1.82) is 0 Å². The van der Waals surface area contributed by atoms with Gasteiger partial charge in [-0.1, -0.05) is 17.4 Å². The lowest BCUT2D eigenvalue weighted by atomic mass is 10.0. The van der Waals surface area contributed by atoms with Crippen molar-refractivity contribution in [2.45, 2.75) is 13.0 Å². The Morgan fingerprint density at radius 2 is 1.97 bits per heavy atom. The van der Waals surface area contributed by atoms with Crippen LogP contribution in [-0.2, 0) is 0 Å². The topological polar surface area (TPSA) is 133 Å². The quantitative estimate of drug-likeness (QED) is 0.365. The van der Waals surface area contributed by atoms with E-state index in [2.05, 4.69) is 30.6 Å². The summed E-state index contributed by atoms with van der Waals surface area (Å²) in [6.45, 7) is 1.91. The predicted molar refractivity (Wildman–Crippen MR) is 119 cm³/mol. The number of hydrogen-bond acceptors (Lipinski definition) is 8. The number of nitrogens with one attached hydrogen (secondary N) is 2. The lowest BCUT2D eigenvalue weighted by molar-refractivity contribution is 0.0886. The third-order valence-electron chi connectivity index (χ3n) is 4.46. The van der Waals surface area contributed by atoms with Gasteiger partial charge in [-0.3, -0.25) is 10.3 Å². The van der Waals surface area contributed by atoms with E-state index >= 15 is 0 Å². The van der Waals surface area contributed by atoms with Gasteiger partial charge in [0.2, 0.25) is 0 Å². The fourth-order valence-corrected chi connectivity index (χ4v) is 3.97. The second kappa shape index (κ2) is 9.13. The molecule has 0 fully saturated rings. The number of aliphatic hydroxyl groups is 2. The summed E-state index contributed by atoms with van der Waals surface area (Å²) in [4.78, 5) is 29.3. The highest BCUT2D eigenvalue weighted by atomic mass is 32.1. The number of aromatic nitrogens is 4. The Bertz CT molecular complexity index is 1200. The molecule has 4 aromatic rings. The van der Waals surface area contributed by atoms with Crippen LogP contribution >= 0.6 is 11.3 Å². The zero-order valence-corrected chi connectivity index (χ0v) is 17.4. The first-order valence-corrected chi connectivity index (χ1v) is 10.4. The van der Waals surface area contributed by atoms with E-state index in [-0.39, 0.29) is 11.9 Å². The SMILES string of the molecule is CCNC(=O)Nc1nc2cc(-c3cnc(C(O)CO)nc3)cc(-c3ccccn3)c2s1. The first kappa shape index (κ1) is 20.8. The van der Waals surface area contributed by atoms with E-state index in [1.54, 1.807) is 18.6 Å². The summed E-state index contributed by atoms with van der Waals surface area (Å²) >= 11 is 1.37. The van der Waals surface area contributed by atoms with Gasteiger partial charge in [-0.2, -0.15) is 0 Å². The van der Waals surface area contributed by atoms with Crippen LogP contribution in [0.2, 0.25) is 0 Å². The van der Waals surface area contributed by atoms with Crippen molar-refractivity contribution in [2.75, 3.05) is 18.5 Å². The monoisotopic (exact) mass is 436 g/mol. The van der Waals surface area contributed by atoms with Gasteiger partial charge in [0.15, 0.2) is 11.0 Å². The molecule has 0 aliphatic carbocycles. The van der Waals surface area contributed by atoms with Crippen LogP contribution in [0.5, 0.6) is 0 Å². The molecule has 2 amide bonds. The molecule has 1 aromatic carbocycles. The average Bonchev–Trinajstić information content (AvgIpc) is 3.20. The summed E-state index contributed by atoms with van der Waals surface area (Å²) in [5.41, 5.74) is 3.88. The molecule has 3 heterocycles. The fourth-order valence-electron chi connectivity index (χ4n) is 3.01. The van der Waals surface area contributed by atoms with Crippen molar-refractivity contribution < 1.29 is 15.0 Å². The smallest absolute Gasteiger partial charge is 0.321 e. The van der Waals surface area contributed by atoms with Crippen LogP contribution < -0.4 is 10.6 Å². The maximum Gasteiger partial charge on any atom is 0.321 e. The molecule has 0 saturated heterocycles. The van der Waals surface area contributed by atoms with E-state index in [0.717, 1.165) is 27.1 Å². The molecular weight excluding hydrogens is 416 g/mol. The van der Waals surface area contributed by atoms with Crippen molar-refractivity contribution in [3.05, 3.63) is 54.7 Å². The number of benzene rings is 1. The molecule has 0 bridgehead atoms. The third-order valence-corrected chi connectivity index (χ3v) is 5.48. The fraction of sp³-hybridized carbons (Fsp3) is 0.190. The molecule has 158 valence electrons. The standard InChI is InChI=1S/C21H20N6O3S/c1-2-22-20(30)27-21-26-16-8-12(13-9-24-19(25-10-13)17(29)11-28)7-14(18(16)31-21)15-5-3-4-6-23-15/h3-10,17,28-29H,2,11H2,1H3,(H2,22,26,27,30). The Morgan fingerprint density at radius 1 is 1.16 bits per heavy atom. The highest BCUT2D eigenvalue weighted by Crippen LogP contribution is 2.38. The molecule has 0 spiro atoms. The van der Waals surface area contributed by atoms with Gasteiger partial charge in [0.1, 0.15) is 6.10 Å². The van der Waals surface area contributed by atoms with Crippen molar-refractivity contribution in [1.82, 2.24) is 25.3 Å². The van der Waals surface area contributed by atoms with Gasteiger partial charge in [-0.05, 0) is 36.8 Å². The number of amides is 2. The van der Waals surface area contributed by atoms with Crippen molar-refractivity contribution in [2.24, 2.45) is 0 Å². The number of urea groups is 1. The Hall–Kier alpha value is -3.47. The molecule has 0 radical (unpaired) electrons. The van der Waals surface area contributed by atoms with Crippen LogP contribution in [0.25, 0.3) is 32.6 Å². The van der Waals surface area contributed by atoms with Crippen LogP contribution in [-0.4, -0.2) is 49.3 Å². The van der Waals surface area contributed by atoms with Gasteiger partial charge in [0.25, 0.3) is 0 Å². The molecule has 1 unspecified atom stereocenters. The number of aliphatic hydroxyl groups excluding tert-OH is 2. The third kappa shape index (κ3) is 4.50. The molecule has 9 nitrogen and oxygen atoms in total. The minimum atomic E-state index is -1.12. The Balaban J connectivity index is 1.80. The van der Waals surface area contributed by atoms with Gasteiger partial charge in [0.05, 0.1) is 22.5 Å². The average molecular weight is 436 g/mol. The largest absolute Gasteiger partial charge is 0.393 e. The van der Waals surface area contributed by atoms with Gasteiger partial charge in [-0.15, -0.1) is 0 Å². The molecule has 3 aromatic heterocycles. The normalized spacial score (nSPS) is 12.0. The number of rotatable bonds is 6. The maximum absolute atomic E-state index is 11.9. The van der Waals surface area contributed by atoms with Gasteiger partial charge < -0.3 is 15.5 Å². The highest BCUT2D eigenvalue weighted by molar-refractivity contribution is 7.22. The summed E-state index contributed by atoms with van der Waals surface area (Å²) in [5.74, 6) is 0.152. The lowest BCUT2D eigenvalue weighted by Gasteiger charge is -2.08. The molecule has 31 heavy (non-hydrogen) atoms. The van der Waals surface area contributed by atoms with E-state index < -0.39 is 12.7 Å². The van der Waals surface area contributed by atoms with Crippen LogP contribution in [0.4, 0.5) is 9.93 Å². The number of anilines is 1. The molecule has 10 heteroatoms. The van der Waals surface area contributed by atoms with Crippen LogP contribution in [0, 0.1) is 0 Å². The molecular formula is C21H20N6O3S. The molecule has 1 atom stereocenters. The number of carbonyl (C=O) groups excluding carboxylic acids is 1. The maximum atomic E-state index is 11.9. The second-order valence-electron chi connectivity index (χ2n) is 6.62. The number of nitrogens with zero attached hydrogens (tertiary/aromatic N) is 4. The summed E-state index contributed by atoms with van der Waals surface area (Å²) in [6, 6.07) is 9.21. The van der Waals surface area contributed by atoms with E-state index in [9.17, 15) is 9.90 Å². The molecule has 4 rings (SSSR count). The summed E-state index contributed by atoms with van der Waals surface area (Å²) < 4.78 is 0.891. The van der Waals surface area contributed by atoms with Crippen molar-refractivity contribution >= 4 is 32.7 Å². The zero-order chi connectivity index (χ0) is 21.8. The van der Waals surface area contributed by atoms with Crippen LogP contribution in [0.1, 0.15) is 18.9 Å². The zero-order valence-electron chi connectivity index (χ0n) is 16.6. The Morgan fingerprint density at radius 3 is 2.65 bits per heavy atom. The van der Waals surface area contributed by atoms with Crippen molar-refractivity contribution in [3.63, 3.8) is 0 Å². The van der Waals surface area contributed by atoms with Gasteiger partial charge >= 0.3 is 6.03 Å². The van der Waals surface area contributed by atoms with E-state index in [0.29, 0.717) is 17.2 Å². The number of fused-ring (bicyclic) bond motifs is 1. The summed E-state index contributed by atoms with van der Waals surface area (Å²) in [5, 5.41) is 24.7. The lowest BCUT2D eigenvalue weighted by Crippen LogP contribution is -2.28. The minimum Gasteiger partial charge on any atom is -0.393 e. The number of thiazole rings is 1. The predicted octanol–water partition coefficient (Wildman–Crippen LogP) is 2.98. The highest BCUT2D eigenvalue weighted by Gasteiger charge is 2.16. The Labute approximate surface area is 181 Å².